The van der Waals surface area contributed by atoms with E-state index in [0.717, 1.165) is 26.1 Å². The number of carbonyl (C=O) groups excluding carboxylic acids is 1. The molecule has 0 bridgehead atoms. The lowest BCUT2D eigenvalue weighted by molar-refractivity contribution is -0.122. The molecule has 4 heteroatoms. The Morgan fingerprint density at radius 1 is 1.47 bits per heavy atom. The van der Waals surface area contributed by atoms with Crippen LogP contribution in [0, 0.1) is 0 Å². The molecule has 0 spiro atoms. The van der Waals surface area contributed by atoms with Gasteiger partial charge in [-0.25, -0.2) is 0 Å². The molecule has 1 fully saturated rings. The normalized spacial score (nSPS) is 22.5. The molecule has 0 aromatic rings. The van der Waals surface area contributed by atoms with E-state index in [0.29, 0.717) is 12.5 Å². The smallest absolute Gasteiger partial charge is 0.221 e. The second-order valence-corrected chi connectivity index (χ2v) is 4.52. The van der Waals surface area contributed by atoms with Crippen molar-refractivity contribution in [1.29, 1.82) is 0 Å². The van der Waals surface area contributed by atoms with E-state index < -0.39 is 0 Å². The van der Waals surface area contributed by atoms with Crippen molar-refractivity contribution in [2.45, 2.75) is 31.7 Å². The summed E-state index contributed by atoms with van der Waals surface area (Å²) in [5, 5.41) is 6.43. The lowest BCUT2D eigenvalue weighted by atomic mass is 10.1. The predicted molar refractivity (Wildman–Crippen MR) is 61.8 cm³/mol. The number of hydrogen-bond donors (Lipinski definition) is 2. The van der Waals surface area contributed by atoms with E-state index in [1.165, 1.54) is 12.8 Å². The number of nitrogens with zero attached hydrogens (tertiary/aromatic N) is 1. The van der Waals surface area contributed by atoms with Crippen LogP contribution in [0.15, 0.2) is 0 Å². The molecule has 1 aliphatic rings. The summed E-state index contributed by atoms with van der Waals surface area (Å²) in [7, 11) is 3.97. The molecule has 0 aromatic heterocycles. The van der Waals surface area contributed by atoms with Crippen LogP contribution < -0.4 is 10.6 Å². The Balaban J connectivity index is 2.17. The van der Waals surface area contributed by atoms with Gasteiger partial charge in [-0.05, 0) is 33.5 Å². The first-order valence-electron chi connectivity index (χ1n) is 5.83. The quantitative estimate of drug-likeness (QED) is 0.701. The molecule has 4 nitrogen and oxygen atoms in total. The second-order valence-electron chi connectivity index (χ2n) is 4.52. The average Bonchev–Trinajstić information content (AvgIpc) is 2.43. The van der Waals surface area contributed by atoms with Gasteiger partial charge in [0, 0.05) is 25.6 Å². The highest BCUT2D eigenvalue weighted by Crippen LogP contribution is 2.04. The molecular formula is C11H23N3O. The van der Waals surface area contributed by atoms with Crippen LogP contribution in [0.3, 0.4) is 0 Å². The summed E-state index contributed by atoms with van der Waals surface area (Å²) in [6.07, 6.45) is 4.15. The number of rotatable bonds is 4. The van der Waals surface area contributed by atoms with Crippen molar-refractivity contribution >= 4 is 5.91 Å². The van der Waals surface area contributed by atoms with E-state index in [-0.39, 0.29) is 5.91 Å². The summed E-state index contributed by atoms with van der Waals surface area (Å²) in [6, 6.07) is 0.335. The first-order chi connectivity index (χ1) is 7.18. The van der Waals surface area contributed by atoms with Gasteiger partial charge in [-0.3, -0.25) is 4.79 Å². The van der Waals surface area contributed by atoms with Crippen molar-refractivity contribution in [2.24, 2.45) is 0 Å². The van der Waals surface area contributed by atoms with Crippen LogP contribution in [0.5, 0.6) is 0 Å². The van der Waals surface area contributed by atoms with Crippen LogP contribution in [-0.4, -0.2) is 50.6 Å². The van der Waals surface area contributed by atoms with Gasteiger partial charge in [0.1, 0.15) is 0 Å². The van der Waals surface area contributed by atoms with Crippen molar-refractivity contribution in [2.75, 3.05) is 33.7 Å². The molecule has 0 saturated carbocycles. The Hall–Kier alpha value is -0.610. The fourth-order valence-corrected chi connectivity index (χ4v) is 1.77. The fraction of sp³-hybridized carbons (Fsp3) is 0.909. The summed E-state index contributed by atoms with van der Waals surface area (Å²) < 4.78 is 0. The monoisotopic (exact) mass is 213 g/mol. The van der Waals surface area contributed by atoms with Crippen molar-refractivity contribution in [3.8, 4) is 0 Å². The summed E-state index contributed by atoms with van der Waals surface area (Å²) in [6.45, 7) is 2.84. The Morgan fingerprint density at radius 2 is 2.27 bits per heavy atom. The third kappa shape index (κ3) is 5.74. The van der Waals surface area contributed by atoms with Crippen LogP contribution in [0.2, 0.25) is 0 Å². The van der Waals surface area contributed by atoms with Gasteiger partial charge < -0.3 is 15.5 Å². The van der Waals surface area contributed by atoms with Gasteiger partial charge >= 0.3 is 0 Å². The van der Waals surface area contributed by atoms with E-state index in [1.807, 2.05) is 19.0 Å². The van der Waals surface area contributed by atoms with Crippen molar-refractivity contribution in [3.05, 3.63) is 0 Å². The lowest BCUT2D eigenvalue weighted by Gasteiger charge is -2.17. The highest BCUT2D eigenvalue weighted by atomic mass is 16.1. The molecule has 1 aliphatic heterocycles. The minimum absolute atomic E-state index is 0.178. The van der Waals surface area contributed by atoms with Crippen LogP contribution >= 0.6 is 0 Å². The molecule has 0 aromatic carbocycles. The fourth-order valence-electron chi connectivity index (χ4n) is 1.77. The molecule has 1 unspecified atom stereocenters. The van der Waals surface area contributed by atoms with Crippen LogP contribution in [0.25, 0.3) is 0 Å². The lowest BCUT2D eigenvalue weighted by Crippen LogP contribution is -2.41. The van der Waals surface area contributed by atoms with E-state index >= 15 is 0 Å². The molecule has 1 rings (SSSR count). The van der Waals surface area contributed by atoms with Crippen molar-refractivity contribution in [3.63, 3.8) is 0 Å². The maximum Gasteiger partial charge on any atom is 0.221 e. The summed E-state index contributed by atoms with van der Waals surface area (Å²) in [5.74, 6) is 0.178. The number of amides is 1. The topological polar surface area (TPSA) is 44.4 Å². The summed E-state index contributed by atoms with van der Waals surface area (Å²) in [4.78, 5) is 13.6. The minimum Gasteiger partial charge on any atom is -0.352 e. The Labute approximate surface area is 92.4 Å². The Kier molecular flexibility index (Phi) is 5.65. The summed E-state index contributed by atoms with van der Waals surface area (Å²) in [5.41, 5.74) is 0. The average molecular weight is 213 g/mol. The standard InChI is InChI=1S/C11H23N3O/c1-14(2)8-6-11(15)13-10-5-3-4-7-12-9-10/h10,12H,3-9H2,1-2H3,(H,13,15). The third-order valence-corrected chi connectivity index (χ3v) is 2.70. The van der Waals surface area contributed by atoms with Gasteiger partial charge in [0.15, 0.2) is 0 Å². The molecule has 1 atom stereocenters. The zero-order chi connectivity index (χ0) is 11.1. The number of nitrogens with one attached hydrogen (secondary N) is 2. The predicted octanol–water partition coefficient (Wildman–Crippen LogP) is 0.196. The molecule has 1 heterocycles. The van der Waals surface area contributed by atoms with Crippen LogP contribution in [0.4, 0.5) is 0 Å². The molecule has 88 valence electrons. The van der Waals surface area contributed by atoms with E-state index in [2.05, 4.69) is 10.6 Å². The molecule has 0 aliphatic carbocycles. The SMILES string of the molecule is CN(C)CCC(=O)NC1CCCCNC1. The molecular weight excluding hydrogens is 190 g/mol. The van der Waals surface area contributed by atoms with Crippen molar-refractivity contribution in [1.82, 2.24) is 15.5 Å². The first-order valence-corrected chi connectivity index (χ1v) is 5.83. The Bertz CT molecular complexity index is 186. The Morgan fingerprint density at radius 3 is 3.00 bits per heavy atom. The van der Waals surface area contributed by atoms with Gasteiger partial charge in [-0.1, -0.05) is 6.42 Å². The molecule has 0 radical (unpaired) electrons. The van der Waals surface area contributed by atoms with E-state index in [1.54, 1.807) is 0 Å². The van der Waals surface area contributed by atoms with Gasteiger partial charge in [-0.2, -0.15) is 0 Å². The van der Waals surface area contributed by atoms with Crippen LogP contribution in [-0.2, 0) is 4.79 Å². The minimum atomic E-state index is 0.178. The highest BCUT2D eigenvalue weighted by molar-refractivity contribution is 5.76. The molecule has 1 amide bonds. The number of carbonyl (C=O) groups is 1. The highest BCUT2D eigenvalue weighted by Gasteiger charge is 2.13. The molecule has 15 heavy (non-hydrogen) atoms. The van der Waals surface area contributed by atoms with Gasteiger partial charge in [0.2, 0.25) is 5.91 Å². The van der Waals surface area contributed by atoms with E-state index in [9.17, 15) is 4.79 Å². The summed E-state index contributed by atoms with van der Waals surface area (Å²) >= 11 is 0. The zero-order valence-corrected chi connectivity index (χ0v) is 9.88. The number of hydrogen-bond acceptors (Lipinski definition) is 3. The zero-order valence-electron chi connectivity index (χ0n) is 9.88. The maximum absolute atomic E-state index is 11.6. The van der Waals surface area contributed by atoms with Gasteiger partial charge in [0.05, 0.1) is 0 Å². The first kappa shape index (κ1) is 12.5. The van der Waals surface area contributed by atoms with Crippen LogP contribution in [0.1, 0.15) is 25.7 Å². The van der Waals surface area contributed by atoms with Gasteiger partial charge in [0.25, 0.3) is 0 Å². The molecule has 2 N–H and O–H groups in total. The second kappa shape index (κ2) is 6.80. The van der Waals surface area contributed by atoms with Crippen molar-refractivity contribution < 1.29 is 4.79 Å². The maximum atomic E-state index is 11.6. The van der Waals surface area contributed by atoms with E-state index in [4.69, 9.17) is 0 Å². The van der Waals surface area contributed by atoms with Gasteiger partial charge in [-0.15, -0.1) is 0 Å². The third-order valence-electron chi connectivity index (χ3n) is 2.70. The largest absolute Gasteiger partial charge is 0.352 e. The molecule has 1 saturated heterocycles.